The summed E-state index contributed by atoms with van der Waals surface area (Å²) in [5.74, 6) is 0.766. The molecule has 2 fully saturated rings. The summed E-state index contributed by atoms with van der Waals surface area (Å²) in [4.78, 5) is 8.40. The Hall–Kier alpha value is -0.860. The van der Waals surface area contributed by atoms with Crippen molar-refractivity contribution in [1.82, 2.24) is 15.5 Å². The number of hydrogen-bond donors (Lipinski definition) is 3. The SMILES string of the molecule is CCNC(=NCC1(N2CCOCC2)CCCCC1)NCC(O)c1ccc(Cl)s1. The molecule has 2 heterocycles. The van der Waals surface area contributed by atoms with Crippen LogP contribution in [0, 0.1) is 0 Å². The third-order valence-electron chi connectivity index (χ3n) is 5.73. The molecule has 2 aliphatic rings. The molecule has 0 radical (unpaired) electrons. The summed E-state index contributed by atoms with van der Waals surface area (Å²) in [6.07, 6.45) is 5.68. The van der Waals surface area contributed by atoms with Crippen LogP contribution in [-0.4, -0.2) is 67.4 Å². The Morgan fingerprint density at radius 2 is 2.04 bits per heavy atom. The molecular weight excluding hydrogens is 396 g/mol. The number of aliphatic imine (C=N–C) groups is 1. The first-order chi connectivity index (χ1) is 13.6. The van der Waals surface area contributed by atoms with Gasteiger partial charge in [0.15, 0.2) is 5.96 Å². The van der Waals surface area contributed by atoms with Gasteiger partial charge in [-0.25, -0.2) is 0 Å². The molecule has 1 aromatic rings. The number of halogens is 1. The van der Waals surface area contributed by atoms with Gasteiger partial charge in [0.25, 0.3) is 0 Å². The molecular formula is C20H33ClN4O2S. The highest BCUT2D eigenvalue weighted by atomic mass is 35.5. The highest BCUT2D eigenvalue weighted by Crippen LogP contribution is 2.34. The Labute approximate surface area is 177 Å². The second kappa shape index (κ2) is 10.8. The number of guanidine groups is 1. The Bertz CT molecular complexity index is 627. The predicted octanol–water partition coefficient (Wildman–Crippen LogP) is 3.03. The van der Waals surface area contributed by atoms with E-state index in [4.69, 9.17) is 21.3 Å². The van der Waals surface area contributed by atoms with Crippen LogP contribution in [0.2, 0.25) is 4.34 Å². The number of hydrogen-bond acceptors (Lipinski definition) is 5. The lowest BCUT2D eigenvalue weighted by molar-refractivity contribution is -0.0333. The topological polar surface area (TPSA) is 69.1 Å². The highest BCUT2D eigenvalue weighted by molar-refractivity contribution is 7.16. The van der Waals surface area contributed by atoms with Crippen LogP contribution in [0.1, 0.15) is 50.0 Å². The smallest absolute Gasteiger partial charge is 0.191 e. The lowest BCUT2D eigenvalue weighted by Gasteiger charge is -2.47. The monoisotopic (exact) mass is 428 g/mol. The minimum Gasteiger partial charge on any atom is -0.386 e. The Morgan fingerprint density at radius 3 is 2.68 bits per heavy atom. The van der Waals surface area contributed by atoms with E-state index in [0.29, 0.717) is 10.9 Å². The first-order valence-electron chi connectivity index (χ1n) is 10.4. The van der Waals surface area contributed by atoms with Crippen LogP contribution in [-0.2, 0) is 4.74 Å². The molecule has 1 saturated carbocycles. The number of nitrogens with zero attached hydrogens (tertiary/aromatic N) is 2. The maximum atomic E-state index is 10.4. The molecule has 6 nitrogen and oxygen atoms in total. The normalized spacial score (nSPS) is 22.0. The van der Waals surface area contributed by atoms with Gasteiger partial charge in [-0.2, -0.15) is 0 Å². The molecule has 1 atom stereocenters. The average molecular weight is 429 g/mol. The van der Waals surface area contributed by atoms with Crippen molar-refractivity contribution in [2.75, 3.05) is 45.9 Å². The van der Waals surface area contributed by atoms with E-state index >= 15 is 0 Å². The van der Waals surface area contributed by atoms with Gasteiger partial charge in [0.2, 0.25) is 0 Å². The van der Waals surface area contributed by atoms with Crippen LogP contribution in [0.15, 0.2) is 17.1 Å². The second-order valence-corrected chi connectivity index (χ2v) is 9.36. The van der Waals surface area contributed by atoms with Crippen molar-refractivity contribution in [2.45, 2.75) is 50.7 Å². The Balaban J connectivity index is 1.63. The zero-order valence-electron chi connectivity index (χ0n) is 16.8. The third-order valence-corrected chi connectivity index (χ3v) is 7.06. The third kappa shape index (κ3) is 5.83. The molecule has 1 aliphatic carbocycles. The van der Waals surface area contributed by atoms with Crippen LogP contribution in [0.25, 0.3) is 0 Å². The molecule has 158 valence electrons. The van der Waals surface area contributed by atoms with Gasteiger partial charge in [0, 0.05) is 36.6 Å². The summed E-state index contributed by atoms with van der Waals surface area (Å²) < 4.78 is 6.26. The van der Waals surface area contributed by atoms with Gasteiger partial charge >= 0.3 is 0 Å². The van der Waals surface area contributed by atoms with E-state index in [1.165, 1.54) is 43.4 Å². The van der Waals surface area contributed by atoms with Gasteiger partial charge in [-0.3, -0.25) is 9.89 Å². The van der Waals surface area contributed by atoms with Crippen molar-refractivity contribution >= 4 is 28.9 Å². The quantitative estimate of drug-likeness (QED) is 0.460. The molecule has 0 amide bonds. The molecule has 3 rings (SSSR count). The van der Waals surface area contributed by atoms with Gasteiger partial charge < -0.3 is 20.5 Å². The van der Waals surface area contributed by atoms with Crippen LogP contribution in [0.3, 0.4) is 0 Å². The van der Waals surface area contributed by atoms with E-state index in [-0.39, 0.29) is 5.54 Å². The molecule has 0 bridgehead atoms. The van der Waals surface area contributed by atoms with Crippen LogP contribution in [0.5, 0.6) is 0 Å². The molecule has 1 unspecified atom stereocenters. The number of morpholine rings is 1. The molecule has 8 heteroatoms. The lowest BCUT2D eigenvalue weighted by Crippen LogP contribution is -2.56. The zero-order valence-corrected chi connectivity index (χ0v) is 18.3. The minimum atomic E-state index is -0.593. The zero-order chi connectivity index (χ0) is 19.8. The first kappa shape index (κ1) is 21.8. The Kier molecular flexibility index (Phi) is 8.41. The summed E-state index contributed by atoms with van der Waals surface area (Å²) in [5.41, 5.74) is 0.143. The molecule has 0 spiro atoms. The fourth-order valence-electron chi connectivity index (χ4n) is 4.19. The molecule has 1 saturated heterocycles. The van der Waals surface area contributed by atoms with Crippen LogP contribution in [0.4, 0.5) is 0 Å². The molecule has 3 N–H and O–H groups in total. The standard InChI is InChI=1S/C20H33ClN4O2S/c1-2-22-19(23-14-16(26)17-6-7-18(21)28-17)24-15-20(8-4-3-5-9-20)25-10-12-27-13-11-25/h6-7,16,26H,2-5,8-15H2,1H3,(H2,22,23,24). The number of ether oxygens (including phenoxy) is 1. The molecule has 1 aliphatic heterocycles. The summed E-state index contributed by atoms with van der Waals surface area (Å²) in [6, 6.07) is 3.69. The summed E-state index contributed by atoms with van der Waals surface area (Å²) in [5, 5.41) is 17.0. The predicted molar refractivity (Wildman–Crippen MR) is 116 cm³/mol. The van der Waals surface area contributed by atoms with Crippen molar-refractivity contribution < 1.29 is 9.84 Å². The van der Waals surface area contributed by atoms with E-state index in [2.05, 4.69) is 22.5 Å². The van der Waals surface area contributed by atoms with Crippen LogP contribution < -0.4 is 10.6 Å². The van der Waals surface area contributed by atoms with Crippen molar-refractivity contribution in [3.63, 3.8) is 0 Å². The number of thiophene rings is 1. The summed E-state index contributed by atoms with van der Waals surface area (Å²) in [7, 11) is 0. The highest BCUT2D eigenvalue weighted by Gasteiger charge is 2.38. The molecule has 0 aromatic carbocycles. The minimum absolute atomic E-state index is 0.143. The van der Waals surface area contributed by atoms with Gasteiger partial charge in [0.05, 0.1) is 24.1 Å². The van der Waals surface area contributed by atoms with Crippen molar-refractivity contribution in [3.8, 4) is 0 Å². The van der Waals surface area contributed by atoms with Gasteiger partial charge in [0.1, 0.15) is 6.10 Å². The first-order valence-corrected chi connectivity index (χ1v) is 11.6. The number of rotatable bonds is 7. The number of aliphatic hydroxyl groups excluding tert-OH is 1. The number of nitrogens with one attached hydrogen (secondary N) is 2. The molecule has 28 heavy (non-hydrogen) atoms. The summed E-state index contributed by atoms with van der Waals surface area (Å²) >= 11 is 7.39. The fourth-order valence-corrected chi connectivity index (χ4v) is 5.24. The van der Waals surface area contributed by atoms with Gasteiger partial charge in [-0.1, -0.05) is 30.9 Å². The van der Waals surface area contributed by atoms with E-state index in [9.17, 15) is 5.11 Å². The van der Waals surface area contributed by atoms with Crippen molar-refractivity contribution in [1.29, 1.82) is 0 Å². The van der Waals surface area contributed by atoms with Gasteiger partial charge in [-0.05, 0) is 31.9 Å². The Morgan fingerprint density at radius 1 is 1.29 bits per heavy atom. The van der Waals surface area contributed by atoms with E-state index < -0.39 is 6.10 Å². The largest absolute Gasteiger partial charge is 0.386 e. The molecule has 1 aromatic heterocycles. The van der Waals surface area contributed by atoms with Crippen molar-refractivity contribution in [3.05, 3.63) is 21.3 Å². The van der Waals surface area contributed by atoms with E-state index in [1.54, 1.807) is 0 Å². The van der Waals surface area contributed by atoms with Gasteiger partial charge in [-0.15, -0.1) is 11.3 Å². The average Bonchev–Trinajstić information content (AvgIpc) is 3.17. The fraction of sp³-hybridized carbons (Fsp3) is 0.750. The van der Waals surface area contributed by atoms with E-state index in [0.717, 1.165) is 50.2 Å². The maximum Gasteiger partial charge on any atom is 0.191 e. The van der Waals surface area contributed by atoms with E-state index in [1.807, 2.05) is 12.1 Å². The van der Waals surface area contributed by atoms with Crippen LogP contribution >= 0.6 is 22.9 Å². The van der Waals surface area contributed by atoms with Crippen molar-refractivity contribution in [2.24, 2.45) is 4.99 Å². The maximum absolute atomic E-state index is 10.4. The number of aliphatic hydroxyl groups is 1. The summed E-state index contributed by atoms with van der Waals surface area (Å²) in [6.45, 7) is 7.67. The lowest BCUT2D eigenvalue weighted by atomic mass is 9.80. The second-order valence-electron chi connectivity index (χ2n) is 7.62.